The lowest BCUT2D eigenvalue weighted by molar-refractivity contribution is -0.150. The third-order valence-corrected chi connectivity index (χ3v) is 4.99. The van der Waals surface area contributed by atoms with Crippen molar-refractivity contribution in [3.63, 3.8) is 0 Å². The Kier molecular flexibility index (Phi) is 8.30. The monoisotopic (exact) mass is 430 g/mol. The maximum atomic E-state index is 13.0. The van der Waals surface area contributed by atoms with Crippen molar-refractivity contribution in [2.45, 2.75) is 31.3 Å². The van der Waals surface area contributed by atoms with Crippen LogP contribution in [0.1, 0.15) is 18.4 Å². The molecule has 2 rings (SSSR count). The molecule has 1 aliphatic heterocycles. The minimum Gasteiger partial charge on any atom is -0.480 e. The number of rotatable bonds is 10. The standard InChI is InChI=1S/C21H26N4O6/c1-2-18(27)24-10-11-25(19(28)13-24)16(12-14-6-4-3-5-7-14)20(29)23-15(21(30)31)8-9-17(22)26/h2-7,15-16H,1,8-13H2,(H2,22,26)(H,23,29)(H,30,31)/t15-,16-/m0/s1. The minimum atomic E-state index is -1.32. The van der Waals surface area contributed by atoms with Gasteiger partial charge in [0.05, 0.1) is 0 Å². The second-order valence-corrected chi connectivity index (χ2v) is 7.16. The number of primary amides is 1. The molecule has 10 heteroatoms. The molecule has 31 heavy (non-hydrogen) atoms. The van der Waals surface area contributed by atoms with Crippen molar-refractivity contribution in [3.05, 3.63) is 48.6 Å². The third-order valence-electron chi connectivity index (χ3n) is 4.99. The van der Waals surface area contributed by atoms with E-state index in [2.05, 4.69) is 11.9 Å². The Morgan fingerprint density at radius 1 is 1.19 bits per heavy atom. The Bertz CT molecular complexity index is 857. The van der Waals surface area contributed by atoms with E-state index >= 15 is 0 Å². The van der Waals surface area contributed by atoms with Crippen LogP contribution < -0.4 is 11.1 Å². The number of hydrogen-bond acceptors (Lipinski definition) is 5. The van der Waals surface area contributed by atoms with Crippen molar-refractivity contribution < 1.29 is 29.1 Å². The van der Waals surface area contributed by atoms with Gasteiger partial charge >= 0.3 is 5.97 Å². The van der Waals surface area contributed by atoms with Crippen molar-refractivity contribution in [1.29, 1.82) is 0 Å². The van der Waals surface area contributed by atoms with E-state index in [9.17, 15) is 29.1 Å². The van der Waals surface area contributed by atoms with Gasteiger partial charge in [0.2, 0.25) is 23.6 Å². The predicted molar refractivity (Wildman–Crippen MR) is 110 cm³/mol. The largest absolute Gasteiger partial charge is 0.480 e. The summed E-state index contributed by atoms with van der Waals surface area (Å²) >= 11 is 0. The highest BCUT2D eigenvalue weighted by Crippen LogP contribution is 2.15. The lowest BCUT2D eigenvalue weighted by Gasteiger charge is -2.38. The summed E-state index contributed by atoms with van der Waals surface area (Å²) in [7, 11) is 0. The molecule has 0 unspecified atom stereocenters. The van der Waals surface area contributed by atoms with Gasteiger partial charge in [0, 0.05) is 25.9 Å². The van der Waals surface area contributed by atoms with Crippen LogP contribution in [0, 0.1) is 0 Å². The van der Waals surface area contributed by atoms with Gasteiger partial charge in [0.1, 0.15) is 18.6 Å². The molecule has 0 radical (unpaired) electrons. The molecule has 1 heterocycles. The molecule has 2 atom stereocenters. The van der Waals surface area contributed by atoms with Crippen LogP contribution in [0.2, 0.25) is 0 Å². The molecule has 1 aromatic rings. The third kappa shape index (κ3) is 6.66. The molecular weight excluding hydrogens is 404 g/mol. The number of hydrogen-bond donors (Lipinski definition) is 3. The molecule has 1 aromatic carbocycles. The van der Waals surface area contributed by atoms with Gasteiger partial charge in [-0.25, -0.2) is 4.79 Å². The zero-order chi connectivity index (χ0) is 23.0. The number of nitrogens with zero attached hydrogens (tertiary/aromatic N) is 2. The molecule has 4 amide bonds. The van der Waals surface area contributed by atoms with Crippen molar-refractivity contribution in [2.75, 3.05) is 19.6 Å². The summed E-state index contributed by atoms with van der Waals surface area (Å²) in [5.74, 6) is -3.45. The van der Waals surface area contributed by atoms with Crippen molar-refractivity contribution in [1.82, 2.24) is 15.1 Å². The fraction of sp³-hybridized carbons (Fsp3) is 0.381. The molecular formula is C21H26N4O6. The van der Waals surface area contributed by atoms with Gasteiger partial charge in [-0.15, -0.1) is 0 Å². The number of amides is 4. The second kappa shape index (κ2) is 10.9. The highest BCUT2D eigenvalue weighted by atomic mass is 16.4. The van der Waals surface area contributed by atoms with E-state index in [0.717, 1.165) is 11.6 Å². The number of carboxylic acid groups (broad SMARTS) is 1. The van der Waals surface area contributed by atoms with Gasteiger partial charge < -0.3 is 26.0 Å². The number of carboxylic acids is 1. The Morgan fingerprint density at radius 2 is 1.87 bits per heavy atom. The molecule has 0 aliphatic carbocycles. The number of nitrogens with two attached hydrogens (primary N) is 1. The summed E-state index contributed by atoms with van der Waals surface area (Å²) in [6, 6.07) is 6.68. The molecule has 1 aliphatic rings. The Balaban J connectivity index is 2.21. The van der Waals surface area contributed by atoms with Crippen LogP contribution in [0.5, 0.6) is 0 Å². The average Bonchev–Trinajstić information content (AvgIpc) is 2.74. The molecule has 166 valence electrons. The van der Waals surface area contributed by atoms with E-state index in [0.29, 0.717) is 0 Å². The van der Waals surface area contributed by atoms with Crippen LogP contribution >= 0.6 is 0 Å². The number of benzene rings is 1. The summed E-state index contributed by atoms with van der Waals surface area (Å²) in [6.07, 6.45) is 0.912. The smallest absolute Gasteiger partial charge is 0.326 e. The first kappa shape index (κ1) is 23.6. The number of carbonyl (C=O) groups is 5. The topological polar surface area (TPSA) is 150 Å². The lowest BCUT2D eigenvalue weighted by atomic mass is 10.0. The first-order valence-electron chi connectivity index (χ1n) is 9.79. The maximum absolute atomic E-state index is 13.0. The zero-order valence-electron chi connectivity index (χ0n) is 17.0. The Morgan fingerprint density at radius 3 is 2.42 bits per heavy atom. The maximum Gasteiger partial charge on any atom is 0.326 e. The normalized spacial score (nSPS) is 15.7. The number of piperazine rings is 1. The fourth-order valence-electron chi connectivity index (χ4n) is 3.33. The van der Waals surface area contributed by atoms with Gasteiger partial charge in [0.15, 0.2) is 0 Å². The molecule has 0 saturated carbocycles. The SMILES string of the molecule is C=CC(=O)N1CCN([C@@H](Cc2ccccc2)C(=O)N[C@@H](CCC(N)=O)C(=O)O)C(=O)C1. The summed E-state index contributed by atoms with van der Waals surface area (Å²) < 4.78 is 0. The molecule has 0 bridgehead atoms. The molecule has 1 fully saturated rings. The van der Waals surface area contributed by atoms with Crippen molar-refractivity contribution in [3.8, 4) is 0 Å². The van der Waals surface area contributed by atoms with Crippen LogP contribution in [0.4, 0.5) is 0 Å². The highest BCUT2D eigenvalue weighted by molar-refractivity contribution is 5.94. The number of aliphatic carboxylic acids is 1. The minimum absolute atomic E-state index is 0.113. The van der Waals surface area contributed by atoms with E-state index in [1.54, 1.807) is 24.3 Å². The first-order chi connectivity index (χ1) is 14.7. The first-order valence-corrected chi connectivity index (χ1v) is 9.79. The van der Waals surface area contributed by atoms with E-state index in [1.165, 1.54) is 9.80 Å². The Labute approximate surface area is 179 Å². The molecule has 4 N–H and O–H groups in total. The fourth-order valence-corrected chi connectivity index (χ4v) is 3.33. The quantitative estimate of drug-likeness (QED) is 0.417. The van der Waals surface area contributed by atoms with E-state index in [-0.39, 0.29) is 44.8 Å². The van der Waals surface area contributed by atoms with E-state index in [4.69, 9.17) is 5.73 Å². The molecule has 1 saturated heterocycles. The summed E-state index contributed by atoms with van der Waals surface area (Å²) in [6.45, 7) is 3.54. The van der Waals surface area contributed by atoms with Crippen molar-refractivity contribution in [2.24, 2.45) is 5.73 Å². The van der Waals surface area contributed by atoms with Crippen LogP contribution in [0.3, 0.4) is 0 Å². The second-order valence-electron chi connectivity index (χ2n) is 7.16. The van der Waals surface area contributed by atoms with Gasteiger partial charge in [-0.05, 0) is 18.1 Å². The predicted octanol–water partition coefficient (Wildman–Crippen LogP) is -0.711. The van der Waals surface area contributed by atoms with Crippen molar-refractivity contribution >= 4 is 29.6 Å². The average molecular weight is 430 g/mol. The van der Waals surface area contributed by atoms with Crippen LogP contribution in [-0.2, 0) is 30.4 Å². The summed E-state index contributed by atoms with van der Waals surface area (Å²) in [5, 5.41) is 11.8. The Hall–Kier alpha value is -3.69. The summed E-state index contributed by atoms with van der Waals surface area (Å²) in [5.41, 5.74) is 5.86. The number of carbonyl (C=O) groups excluding carboxylic acids is 4. The van der Waals surface area contributed by atoms with Crippen LogP contribution in [0.25, 0.3) is 0 Å². The van der Waals surface area contributed by atoms with Gasteiger partial charge in [0.25, 0.3) is 0 Å². The summed E-state index contributed by atoms with van der Waals surface area (Å²) in [4.78, 5) is 62.8. The molecule has 0 aromatic heterocycles. The lowest BCUT2D eigenvalue weighted by Crippen LogP contribution is -2.60. The number of nitrogens with one attached hydrogen (secondary N) is 1. The van der Waals surface area contributed by atoms with Gasteiger partial charge in [-0.1, -0.05) is 36.9 Å². The van der Waals surface area contributed by atoms with E-state index < -0.39 is 35.8 Å². The molecule has 0 spiro atoms. The molecule has 10 nitrogen and oxygen atoms in total. The van der Waals surface area contributed by atoms with Crippen LogP contribution in [0.15, 0.2) is 43.0 Å². The van der Waals surface area contributed by atoms with Crippen LogP contribution in [-0.4, -0.2) is 76.2 Å². The van der Waals surface area contributed by atoms with Gasteiger partial charge in [-0.3, -0.25) is 19.2 Å². The van der Waals surface area contributed by atoms with Gasteiger partial charge in [-0.2, -0.15) is 0 Å². The van der Waals surface area contributed by atoms with E-state index in [1.807, 2.05) is 6.07 Å². The zero-order valence-corrected chi connectivity index (χ0v) is 17.0. The highest BCUT2D eigenvalue weighted by Gasteiger charge is 2.36.